The van der Waals surface area contributed by atoms with Gasteiger partial charge in [-0.15, -0.1) is 0 Å². The van der Waals surface area contributed by atoms with Gasteiger partial charge in [-0.1, -0.05) is 35.9 Å². The summed E-state index contributed by atoms with van der Waals surface area (Å²) in [5.74, 6) is 1.31. The van der Waals surface area contributed by atoms with Crippen molar-refractivity contribution in [3.05, 3.63) is 101 Å². The van der Waals surface area contributed by atoms with E-state index >= 15 is 0 Å². The van der Waals surface area contributed by atoms with Gasteiger partial charge in [-0.3, -0.25) is 4.98 Å². The molecule has 0 saturated carbocycles. The molecule has 5 rings (SSSR count). The maximum absolute atomic E-state index is 12.3. The Hall–Kier alpha value is -3.88. The topological polar surface area (TPSA) is 76.8 Å². The largest absolute Gasteiger partial charge is 0.495 e. The fourth-order valence-corrected chi connectivity index (χ4v) is 4.97. The first-order valence-corrected chi connectivity index (χ1v) is 11.9. The lowest BCUT2D eigenvalue weighted by atomic mass is 10.0. The van der Waals surface area contributed by atoms with E-state index in [2.05, 4.69) is 10.3 Å². The number of esters is 1. The summed E-state index contributed by atoms with van der Waals surface area (Å²) < 4.78 is 16.7. The molecule has 9 heteroatoms. The molecule has 36 heavy (non-hydrogen) atoms. The predicted molar refractivity (Wildman–Crippen MR) is 141 cm³/mol. The van der Waals surface area contributed by atoms with Crippen LogP contribution in [0.4, 0.5) is 5.69 Å². The summed E-state index contributed by atoms with van der Waals surface area (Å²) in [6, 6.07) is 21.4. The first-order valence-electron chi connectivity index (χ1n) is 11.1. The second-order valence-electron chi connectivity index (χ2n) is 8.05. The van der Waals surface area contributed by atoms with Gasteiger partial charge in [-0.2, -0.15) is 0 Å². The van der Waals surface area contributed by atoms with Crippen molar-refractivity contribution in [3.63, 3.8) is 0 Å². The molecule has 7 nitrogen and oxygen atoms in total. The van der Waals surface area contributed by atoms with Gasteiger partial charge < -0.3 is 24.1 Å². The minimum atomic E-state index is -0.437. The van der Waals surface area contributed by atoms with Crippen molar-refractivity contribution in [2.45, 2.75) is 12.1 Å². The quantitative estimate of drug-likeness (QED) is 0.247. The van der Waals surface area contributed by atoms with Gasteiger partial charge in [0.2, 0.25) is 0 Å². The van der Waals surface area contributed by atoms with Gasteiger partial charge in [0.05, 0.1) is 36.5 Å². The van der Waals surface area contributed by atoms with Crippen molar-refractivity contribution in [1.82, 2.24) is 10.3 Å². The van der Waals surface area contributed by atoms with Crippen LogP contribution in [0.15, 0.2) is 83.4 Å². The van der Waals surface area contributed by atoms with Crippen LogP contribution < -0.4 is 15.0 Å². The van der Waals surface area contributed by atoms with Crippen LogP contribution in [-0.4, -0.2) is 30.3 Å². The summed E-state index contributed by atoms with van der Waals surface area (Å²) in [7, 11) is 2.92. The molecular formula is C27H22ClN3O4S. The van der Waals surface area contributed by atoms with E-state index in [0.29, 0.717) is 38.5 Å². The number of thiocarbonyl (C=S) groups is 1. The lowest BCUT2D eigenvalue weighted by Gasteiger charge is -2.26. The summed E-state index contributed by atoms with van der Waals surface area (Å²) in [6.45, 7) is 0. The molecule has 182 valence electrons. The number of hydrogen-bond donors (Lipinski definition) is 1. The van der Waals surface area contributed by atoms with Gasteiger partial charge in [-0.05, 0) is 60.7 Å². The molecule has 0 amide bonds. The molecule has 0 radical (unpaired) electrons. The number of furan rings is 1. The maximum atomic E-state index is 12.3. The molecule has 1 aliphatic heterocycles. The van der Waals surface area contributed by atoms with Crippen LogP contribution in [0.2, 0.25) is 5.02 Å². The minimum Gasteiger partial charge on any atom is -0.495 e. The highest BCUT2D eigenvalue weighted by Crippen LogP contribution is 2.44. The molecule has 2 atom stereocenters. The Morgan fingerprint density at radius 2 is 1.89 bits per heavy atom. The van der Waals surface area contributed by atoms with Crippen molar-refractivity contribution < 1.29 is 18.7 Å². The van der Waals surface area contributed by atoms with E-state index in [1.807, 2.05) is 53.4 Å². The number of pyridine rings is 1. The lowest BCUT2D eigenvalue weighted by molar-refractivity contribution is 0.0601. The van der Waals surface area contributed by atoms with Crippen LogP contribution >= 0.6 is 23.8 Å². The summed E-state index contributed by atoms with van der Waals surface area (Å²) >= 11 is 12.2. The van der Waals surface area contributed by atoms with Crippen molar-refractivity contribution in [2.24, 2.45) is 0 Å². The number of benzene rings is 2. The van der Waals surface area contributed by atoms with Crippen LogP contribution in [0.5, 0.6) is 5.75 Å². The summed E-state index contributed by atoms with van der Waals surface area (Å²) in [5, 5.41) is 4.36. The van der Waals surface area contributed by atoms with Crippen LogP contribution in [0, 0.1) is 0 Å². The number of nitrogens with one attached hydrogen (secondary N) is 1. The number of methoxy groups -OCH3 is 2. The summed E-state index contributed by atoms with van der Waals surface area (Å²) in [5.41, 5.74) is 2.63. The molecule has 2 aromatic carbocycles. The van der Waals surface area contributed by atoms with E-state index in [1.165, 1.54) is 7.11 Å². The molecule has 0 aliphatic carbocycles. The second kappa shape index (κ2) is 10.0. The fourth-order valence-electron chi connectivity index (χ4n) is 4.37. The maximum Gasteiger partial charge on any atom is 0.338 e. The van der Waals surface area contributed by atoms with Crippen molar-refractivity contribution >= 4 is 40.6 Å². The zero-order chi connectivity index (χ0) is 25.2. The Balaban J connectivity index is 1.61. The third-order valence-electron chi connectivity index (χ3n) is 6.03. The molecular weight excluding hydrogens is 498 g/mol. The number of hydrogen-bond acceptors (Lipinski definition) is 6. The first-order chi connectivity index (χ1) is 17.5. The molecule has 1 fully saturated rings. The average molecular weight is 520 g/mol. The van der Waals surface area contributed by atoms with Crippen LogP contribution in [0.25, 0.3) is 11.3 Å². The molecule has 0 bridgehead atoms. The normalized spacial score (nSPS) is 17.1. The Morgan fingerprint density at radius 1 is 1.08 bits per heavy atom. The number of halogens is 1. The standard InChI is InChI=1S/C27H22ClN3O4S/c1-33-22-11-10-16(15-19(22)28)31-25(24(30-27(31)36)20-9-5-6-14-29-20)23-13-12-21(35-23)17-7-3-4-8-18(17)26(32)34-2/h3-15,24-25H,1-2H3,(H,30,36). The Labute approximate surface area is 218 Å². The number of ether oxygens (including phenoxy) is 2. The zero-order valence-electron chi connectivity index (χ0n) is 19.5. The number of aromatic nitrogens is 1. The zero-order valence-corrected chi connectivity index (χ0v) is 21.0. The van der Waals surface area contributed by atoms with Crippen LogP contribution in [0.1, 0.15) is 33.9 Å². The van der Waals surface area contributed by atoms with E-state index in [4.69, 9.17) is 37.7 Å². The number of rotatable bonds is 6. The predicted octanol–water partition coefficient (Wildman–Crippen LogP) is 5.97. The van der Waals surface area contributed by atoms with Gasteiger partial charge in [0.25, 0.3) is 0 Å². The Bertz CT molecular complexity index is 1430. The Morgan fingerprint density at radius 3 is 2.61 bits per heavy atom. The fraction of sp³-hybridized carbons (Fsp3) is 0.148. The van der Waals surface area contributed by atoms with Crippen molar-refractivity contribution in [3.8, 4) is 17.1 Å². The number of carbonyl (C=O) groups is 1. The highest BCUT2D eigenvalue weighted by Gasteiger charge is 2.42. The van der Waals surface area contributed by atoms with Crippen molar-refractivity contribution in [1.29, 1.82) is 0 Å². The smallest absolute Gasteiger partial charge is 0.338 e. The van der Waals surface area contributed by atoms with E-state index in [1.54, 1.807) is 37.6 Å². The third kappa shape index (κ3) is 4.29. The van der Waals surface area contributed by atoms with Gasteiger partial charge in [0, 0.05) is 17.4 Å². The molecule has 0 spiro atoms. The van der Waals surface area contributed by atoms with Gasteiger partial charge in [-0.25, -0.2) is 4.79 Å². The third-order valence-corrected chi connectivity index (χ3v) is 6.64. The number of nitrogens with zero attached hydrogens (tertiary/aromatic N) is 2. The minimum absolute atomic E-state index is 0.297. The summed E-state index contributed by atoms with van der Waals surface area (Å²) in [6.07, 6.45) is 1.74. The van der Waals surface area contributed by atoms with Crippen LogP contribution in [-0.2, 0) is 4.74 Å². The van der Waals surface area contributed by atoms with Gasteiger partial charge in [0.15, 0.2) is 5.11 Å². The lowest BCUT2D eigenvalue weighted by Crippen LogP contribution is -2.29. The Kier molecular flexibility index (Phi) is 6.63. The summed E-state index contributed by atoms with van der Waals surface area (Å²) in [4.78, 5) is 18.9. The van der Waals surface area contributed by atoms with E-state index in [0.717, 1.165) is 11.4 Å². The van der Waals surface area contributed by atoms with E-state index in [9.17, 15) is 4.79 Å². The highest BCUT2D eigenvalue weighted by molar-refractivity contribution is 7.80. The van der Waals surface area contributed by atoms with Gasteiger partial charge in [0.1, 0.15) is 23.3 Å². The number of anilines is 1. The molecule has 4 aromatic rings. The molecule has 1 saturated heterocycles. The highest BCUT2D eigenvalue weighted by atomic mass is 35.5. The average Bonchev–Trinajstić information content (AvgIpc) is 3.53. The monoisotopic (exact) mass is 519 g/mol. The number of carbonyl (C=O) groups excluding carboxylic acids is 1. The van der Waals surface area contributed by atoms with Gasteiger partial charge >= 0.3 is 5.97 Å². The van der Waals surface area contributed by atoms with E-state index < -0.39 is 5.97 Å². The van der Waals surface area contributed by atoms with Crippen LogP contribution in [0.3, 0.4) is 0 Å². The van der Waals surface area contributed by atoms with Crippen molar-refractivity contribution in [2.75, 3.05) is 19.1 Å². The van der Waals surface area contributed by atoms with E-state index in [-0.39, 0.29) is 12.1 Å². The molecule has 3 heterocycles. The molecule has 1 N–H and O–H groups in total. The second-order valence-corrected chi connectivity index (χ2v) is 8.85. The molecule has 2 unspecified atom stereocenters. The molecule has 2 aromatic heterocycles. The molecule has 1 aliphatic rings. The first kappa shape index (κ1) is 23.8. The SMILES string of the molecule is COC(=O)c1ccccc1-c1ccc(C2C(c3ccccn3)NC(=S)N2c2ccc(OC)c(Cl)c2)o1.